The lowest BCUT2D eigenvalue weighted by Crippen LogP contribution is -2.55. The third-order valence-electron chi connectivity index (χ3n) is 4.89. The van der Waals surface area contributed by atoms with Crippen molar-refractivity contribution < 1.29 is 83.1 Å². The minimum absolute atomic E-state index is 0.210. The topological polar surface area (TPSA) is 230 Å². The van der Waals surface area contributed by atoms with Crippen LogP contribution in [0.2, 0.25) is 0 Å². The Morgan fingerprint density at radius 3 is 1.63 bits per heavy atom. The maximum atomic E-state index is 13.3. The predicted octanol–water partition coefficient (Wildman–Crippen LogP) is -0.544. The van der Waals surface area contributed by atoms with Gasteiger partial charge in [0, 0.05) is 13.2 Å². The molecular formula is C14H10F6N4O13S4. The van der Waals surface area contributed by atoms with E-state index >= 15 is 0 Å². The van der Waals surface area contributed by atoms with Crippen molar-refractivity contribution in [3.63, 3.8) is 0 Å². The zero-order valence-corrected chi connectivity index (χ0v) is 22.4. The first kappa shape index (κ1) is 32.6. The monoisotopic (exact) mass is 684 g/mol. The predicted molar refractivity (Wildman–Crippen MR) is 113 cm³/mol. The molecule has 0 bridgehead atoms. The van der Waals surface area contributed by atoms with Gasteiger partial charge in [-0.05, 0) is 24.6 Å². The number of nitrogens with zero attached hydrogens (tertiary/aromatic N) is 4. The molecule has 0 saturated heterocycles. The molecule has 2 aliphatic rings. The summed E-state index contributed by atoms with van der Waals surface area (Å²) in [4.78, 5) is 38.2. The molecule has 0 fully saturated rings. The quantitative estimate of drug-likeness (QED) is 0.206. The van der Waals surface area contributed by atoms with Gasteiger partial charge in [0.1, 0.15) is 0 Å². The molecule has 1 aromatic carbocycles. The fourth-order valence-electron chi connectivity index (χ4n) is 3.38. The van der Waals surface area contributed by atoms with Gasteiger partial charge in [-0.15, -0.1) is 0 Å². The van der Waals surface area contributed by atoms with Gasteiger partial charge < -0.3 is 0 Å². The standard InChI is InChI=1S/C14H10F6N4O13S4/c1-2-37-41(35,36)23(38(28,29)13(15,16)17)21-5-6-3-8-9(4-7(6)10(21)25)12(27)22(11(8)26)24(40(32,33)34)39(30,31)14(18,19)20/h3-4H,2,5H2,1H3,(H,32,33,34). The van der Waals surface area contributed by atoms with Gasteiger partial charge >= 0.3 is 51.7 Å². The summed E-state index contributed by atoms with van der Waals surface area (Å²) in [6, 6.07) is 0.540. The molecule has 2 aliphatic heterocycles. The van der Waals surface area contributed by atoms with Gasteiger partial charge in [-0.1, -0.05) is 0 Å². The van der Waals surface area contributed by atoms with Crippen LogP contribution in [0.3, 0.4) is 0 Å². The zero-order chi connectivity index (χ0) is 31.9. The highest BCUT2D eigenvalue weighted by atomic mass is 32.3. The van der Waals surface area contributed by atoms with Gasteiger partial charge in [-0.3, -0.25) is 23.1 Å². The highest BCUT2D eigenvalue weighted by molar-refractivity contribution is 8.02. The maximum absolute atomic E-state index is 13.3. The fraction of sp³-hybridized carbons (Fsp3) is 0.357. The molecular weight excluding hydrogens is 674 g/mol. The number of amides is 3. The van der Waals surface area contributed by atoms with Crippen molar-refractivity contribution in [2.45, 2.75) is 24.5 Å². The second-order valence-corrected chi connectivity index (χ2v) is 14.1. The van der Waals surface area contributed by atoms with Crippen molar-refractivity contribution in [3.8, 4) is 0 Å². The third kappa shape index (κ3) is 5.04. The van der Waals surface area contributed by atoms with E-state index in [1.165, 1.54) is 0 Å². The van der Waals surface area contributed by atoms with E-state index in [0.29, 0.717) is 6.07 Å². The number of hydrogen-bond donors (Lipinski definition) is 1. The van der Waals surface area contributed by atoms with Crippen LogP contribution in [0.5, 0.6) is 0 Å². The smallest absolute Gasteiger partial charge is 0.271 e. The van der Waals surface area contributed by atoms with Crippen LogP contribution in [0.4, 0.5) is 26.3 Å². The lowest BCUT2D eigenvalue weighted by molar-refractivity contribution is -0.0524. The molecule has 1 aromatic rings. The van der Waals surface area contributed by atoms with E-state index in [9.17, 15) is 74.4 Å². The lowest BCUT2D eigenvalue weighted by atomic mass is 10.0. The average molecular weight is 685 g/mol. The van der Waals surface area contributed by atoms with Crippen LogP contribution in [0, 0.1) is 0 Å². The van der Waals surface area contributed by atoms with Gasteiger partial charge in [-0.2, -0.15) is 65.0 Å². The van der Waals surface area contributed by atoms with Gasteiger partial charge in [0.05, 0.1) is 24.3 Å². The molecule has 0 unspecified atom stereocenters. The Morgan fingerprint density at radius 2 is 1.22 bits per heavy atom. The number of carbonyl (C=O) groups is 3. The number of hydrogen-bond acceptors (Lipinski definition) is 12. The third-order valence-corrected chi connectivity index (χ3v) is 11.2. The van der Waals surface area contributed by atoms with E-state index in [-0.39, 0.29) is 6.07 Å². The molecule has 0 atom stereocenters. The average Bonchev–Trinajstić information content (AvgIpc) is 3.18. The summed E-state index contributed by atoms with van der Waals surface area (Å²) >= 11 is 0. The van der Waals surface area contributed by atoms with Crippen LogP contribution in [0.15, 0.2) is 12.1 Å². The second-order valence-electron chi connectivity index (χ2n) is 7.44. The van der Waals surface area contributed by atoms with Gasteiger partial charge in [-0.25, -0.2) is 5.01 Å². The molecule has 0 radical (unpaired) electrons. The SMILES string of the molecule is CCOS(=O)(=O)N(N1Cc2cc3c(cc2C1=O)C(=O)N(N(S(=O)(=O)O)S(=O)(=O)C(F)(F)F)C3=O)S(=O)(=O)C(F)(F)F. The number of imide groups is 1. The van der Waals surface area contributed by atoms with Crippen molar-refractivity contribution in [1.29, 1.82) is 0 Å². The number of benzene rings is 1. The van der Waals surface area contributed by atoms with Crippen LogP contribution in [0.1, 0.15) is 43.6 Å². The molecule has 3 amide bonds. The first-order valence-corrected chi connectivity index (χ1v) is 15.4. The largest absolute Gasteiger partial charge is 0.514 e. The van der Waals surface area contributed by atoms with Crippen LogP contribution in [-0.4, -0.2) is 91.2 Å². The molecule has 17 nitrogen and oxygen atoms in total. The van der Waals surface area contributed by atoms with E-state index in [2.05, 4.69) is 4.18 Å². The summed E-state index contributed by atoms with van der Waals surface area (Å²) in [5.74, 6) is -6.34. The normalized spacial score (nSPS) is 17.2. The van der Waals surface area contributed by atoms with E-state index in [1.54, 1.807) is 0 Å². The number of rotatable bonds is 8. The van der Waals surface area contributed by atoms with E-state index in [0.717, 1.165) is 6.92 Å². The van der Waals surface area contributed by atoms with Gasteiger partial charge in [0.15, 0.2) is 0 Å². The number of alkyl halides is 6. The van der Waals surface area contributed by atoms with E-state index in [4.69, 9.17) is 4.55 Å². The highest BCUT2D eigenvalue weighted by Crippen LogP contribution is 2.39. The summed E-state index contributed by atoms with van der Waals surface area (Å²) in [6.07, 6.45) is 0. The zero-order valence-electron chi connectivity index (χ0n) is 19.1. The van der Waals surface area contributed by atoms with Crippen molar-refractivity contribution in [2.75, 3.05) is 6.61 Å². The molecule has 3 rings (SSSR count). The van der Waals surface area contributed by atoms with E-state index < -0.39 is 122 Å². The number of hydrazine groups is 2. The Bertz CT molecular complexity index is 1800. The minimum Gasteiger partial charge on any atom is -0.271 e. The van der Waals surface area contributed by atoms with Crippen molar-refractivity contribution >= 4 is 58.4 Å². The molecule has 27 heteroatoms. The summed E-state index contributed by atoms with van der Waals surface area (Å²) in [5, 5.41) is -1.72. The second kappa shape index (κ2) is 9.54. The number of fused-ring (bicyclic) bond motifs is 2. The van der Waals surface area contributed by atoms with Crippen molar-refractivity contribution in [2.24, 2.45) is 0 Å². The summed E-state index contributed by atoms with van der Waals surface area (Å²) in [6.45, 7) is -1.45. The molecule has 230 valence electrons. The summed E-state index contributed by atoms with van der Waals surface area (Å²) in [5.41, 5.74) is -17.1. The van der Waals surface area contributed by atoms with Gasteiger partial charge in [0.25, 0.3) is 17.7 Å². The number of carbonyl (C=O) groups excluding carboxylic acids is 3. The van der Waals surface area contributed by atoms with Crippen molar-refractivity contribution in [3.05, 3.63) is 34.4 Å². The number of sulfonamides is 2. The summed E-state index contributed by atoms with van der Waals surface area (Å²) < 4.78 is 184. The van der Waals surface area contributed by atoms with Crippen LogP contribution < -0.4 is 0 Å². The maximum Gasteiger partial charge on any atom is 0.514 e. The molecule has 2 heterocycles. The highest BCUT2D eigenvalue weighted by Gasteiger charge is 2.62. The molecule has 0 spiro atoms. The van der Waals surface area contributed by atoms with Crippen LogP contribution in [0.25, 0.3) is 0 Å². The Balaban J connectivity index is 2.18. The number of halogens is 6. The summed E-state index contributed by atoms with van der Waals surface area (Å²) in [7, 11) is -26.7. The lowest BCUT2D eigenvalue weighted by Gasteiger charge is -2.29. The van der Waals surface area contributed by atoms with Crippen LogP contribution in [-0.2, 0) is 51.4 Å². The Morgan fingerprint density at radius 1 is 0.780 bits per heavy atom. The first-order chi connectivity index (χ1) is 18.2. The molecule has 0 aliphatic carbocycles. The molecule has 0 saturated carbocycles. The minimum atomic E-state index is -7.21. The molecule has 1 N–H and O–H groups in total. The Labute approximate surface area is 224 Å². The van der Waals surface area contributed by atoms with E-state index in [1.807, 2.05) is 0 Å². The van der Waals surface area contributed by atoms with Crippen molar-refractivity contribution in [1.82, 2.24) is 17.7 Å². The Kier molecular flexibility index (Phi) is 7.58. The van der Waals surface area contributed by atoms with Crippen LogP contribution >= 0.6 is 0 Å². The fourth-order valence-corrected chi connectivity index (χ4v) is 8.19. The molecule has 41 heavy (non-hydrogen) atoms. The first-order valence-electron chi connectivity index (χ1n) is 9.71. The van der Waals surface area contributed by atoms with Gasteiger partial charge in [0.2, 0.25) is 0 Å². The molecule has 0 aromatic heterocycles. The Hall–Kier alpha value is -2.95.